The van der Waals surface area contributed by atoms with Crippen LogP contribution >= 0.6 is 24.8 Å². The summed E-state index contributed by atoms with van der Waals surface area (Å²) in [7, 11) is 0. The van der Waals surface area contributed by atoms with Gasteiger partial charge in [0.15, 0.2) is 0 Å². The topological polar surface area (TPSA) is 24.9 Å². The quantitative estimate of drug-likeness (QED) is 0.152. The number of ether oxygens (including phenoxy) is 2. The Labute approximate surface area is 239 Å². The van der Waals surface area contributed by atoms with Crippen LogP contribution in [0.15, 0.2) is 48.5 Å². The molecule has 4 nitrogen and oxygen atoms in total. The van der Waals surface area contributed by atoms with Gasteiger partial charge in [-0.2, -0.15) is 0 Å². The average molecular weight is 556 g/mol. The molecule has 2 aromatic rings. The Morgan fingerprint density at radius 3 is 1.03 bits per heavy atom. The second-order valence-electron chi connectivity index (χ2n) is 9.43. The molecule has 0 fully saturated rings. The first-order chi connectivity index (χ1) is 17.2. The fourth-order valence-electron chi connectivity index (χ4n) is 4.08. The van der Waals surface area contributed by atoms with Gasteiger partial charge >= 0.3 is 0 Å². The summed E-state index contributed by atoms with van der Waals surface area (Å²) in [6.07, 6.45) is 10.7. The smallest absolute Gasteiger partial charge is 0.119 e. The van der Waals surface area contributed by atoms with Crippen molar-refractivity contribution in [1.82, 2.24) is 0 Å². The van der Waals surface area contributed by atoms with Crippen LogP contribution in [0.4, 0.5) is 11.4 Å². The lowest BCUT2D eigenvalue weighted by atomic mass is 10.2. The molecule has 2 rings (SSSR count). The number of halogens is 2. The van der Waals surface area contributed by atoms with E-state index in [1.807, 2.05) is 0 Å². The first-order valence-electron chi connectivity index (χ1n) is 14.2. The highest BCUT2D eigenvalue weighted by atomic mass is 35.5. The molecule has 0 aliphatic heterocycles. The van der Waals surface area contributed by atoms with Gasteiger partial charge in [0.2, 0.25) is 0 Å². The third-order valence-electron chi connectivity index (χ3n) is 6.36. The van der Waals surface area contributed by atoms with Gasteiger partial charge in [-0.25, -0.2) is 0 Å². The van der Waals surface area contributed by atoms with Crippen molar-refractivity contribution >= 4 is 36.2 Å². The Morgan fingerprint density at radius 1 is 0.459 bits per heavy atom. The maximum absolute atomic E-state index is 5.96. The van der Waals surface area contributed by atoms with Crippen molar-refractivity contribution in [3.63, 3.8) is 0 Å². The van der Waals surface area contributed by atoms with Crippen LogP contribution in [0, 0.1) is 0 Å². The maximum Gasteiger partial charge on any atom is 0.119 e. The molecule has 212 valence electrons. The van der Waals surface area contributed by atoms with E-state index in [0.717, 1.165) is 44.1 Å². The number of unbranched alkanes of at least 4 members (excludes halogenated alkanes) is 4. The van der Waals surface area contributed by atoms with Gasteiger partial charge in [0.25, 0.3) is 0 Å². The van der Waals surface area contributed by atoms with Crippen LogP contribution < -0.4 is 19.3 Å². The third kappa shape index (κ3) is 14.1. The molecule has 0 aromatic heterocycles. The number of hydrogen-bond donors (Lipinski definition) is 0. The highest BCUT2D eigenvalue weighted by Crippen LogP contribution is 2.22. The highest BCUT2D eigenvalue weighted by molar-refractivity contribution is 5.85. The zero-order valence-electron chi connectivity index (χ0n) is 23.8. The van der Waals surface area contributed by atoms with Crippen molar-refractivity contribution in [1.29, 1.82) is 0 Å². The Hall–Kier alpha value is -1.78. The first kappa shape index (κ1) is 35.2. The minimum atomic E-state index is 0. The van der Waals surface area contributed by atoms with Crippen molar-refractivity contribution in [3.8, 4) is 11.5 Å². The summed E-state index contributed by atoms with van der Waals surface area (Å²) in [6.45, 7) is 14.9. The summed E-state index contributed by atoms with van der Waals surface area (Å²) in [5.74, 6) is 1.87. The second-order valence-corrected chi connectivity index (χ2v) is 9.43. The molecule has 0 radical (unpaired) electrons. The molecule has 0 amide bonds. The van der Waals surface area contributed by atoms with Crippen LogP contribution in [0.25, 0.3) is 0 Å². The number of rotatable bonds is 20. The number of nitrogens with zero attached hydrogens (tertiary/aromatic N) is 2. The van der Waals surface area contributed by atoms with E-state index in [1.54, 1.807) is 0 Å². The van der Waals surface area contributed by atoms with Gasteiger partial charge in [0, 0.05) is 44.0 Å². The van der Waals surface area contributed by atoms with E-state index < -0.39 is 0 Å². The van der Waals surface area contributed by atoms with Crippen molar-refractivity contribution < 1.29 is 9.47 Å². The Kier molecular flexibility index (Phi) is 21.2. The standard InChI is InChI=1S/C31H50N2O2.2ClH/c1-5-9-22-32(23-10-6-2)28-14-18-30(19-15-28)34-26-13-27-35-31-20-16-29(17-21-31)33(24-11-7-3)25-12-8-4;;/h14-21H,5-13,22-27H2,1-4H3;2*1H. The Balaban J connectivity index is 0.00000648. The van der Waals surface area contributed by atoms with Crippen LogP contribution in [0.3, 0.4) is 0 Å². The lowest BCUT2D eigenvalue weighted by Crippen LogP contribution is -2.25. The van der Waals surface area contributed by atoms with Crippen LogP contribution in [-0.2, 0) is 0 Å². The van der Waals surface area contributed by atoms with Crippen molar-refractivity contribution in [2.45, 2.75) is 85.5 Å². The summed E-state index contributed by atoms with van der Waals surface area (Å²) in [5.41, 5.74) is 2.60. The minimum Gasteiger partial charge on any atom is -0.493 e. The van der Waals surface area contributed by atoms with E-state index in [4.69, 9.17) is 9.47 Å². The van der Waals surface area contributed by atoms with Crippen LogP contribution in [0.1, 0.15) is 85.5 Å². The summed E-state index contributed by atoms with van der Waals surface area (Å²) < 4.78 is 11.9. The molecule has 0 atom stereocenters. The van der Waals surface area contributed by atoms with E-state index in [1.165, 1.54) is 62.7 Å². The molecule has 0 aliphatic rings. The van der Waals surface area contributed by atoms with Gasteiger partial charge in [-0.15, -0.1) is 24.8 Å². The first-order valence-corrected chi connectivity index (χ1v) is 14.2. The Bertz CT molecular complexity index is 690. The van der Waals surface area contributed by atoms with Crippen molar-refractivity contribution in [3.05, 3.63) is 48.5 Å². The fourth-order valence-corrected chi connectivity index (χ4v) is 4.08. The number of anilines is 2. The molecule has 37 heavy (non-hydrogen) atoms. The van der Waals surface area contributed by atoms with Gasteiger partial charge in [0.05, 0.1) is 13.2 Å². The van der Waals surface area contributed by atoms with Gasteiger partial charge in [-0.1, -0.05) is 53.4 Å². The predicted octanol–water partition coefficient (Wildman–Crippen LogP) is 9.19. The lowest BCUT2D eigenvalue weighted by molar-refractivity contribution is 0.247. The second kappa shape index (κ2) is 22.2. The maximum atomic E-state index is 5.96. The summed E-state index contributed by atoms with van der Waals surface area (Å²) in [4.78, 5) is 5.01. The zero-order valence-corrected chi connectivity index (χ0v) is 25.4. The van der Waals surface area contributed by atoms with Gasteiger partial charge in [-0.05, 0) is 74.2 Å². The molecule has 2 aromatic carbocycles. The SMILES string of the molecule is CCCCN(CCCC)c1ccc(OCCCOc2ccc(N(CCCC)CCCC)cc2)cc1.Cl.Cl. The minimum absolute atomic E-state index is 0. The molecular weight excluding hydrogens is 503 g/mol. The molecule has 0 aliphatic carbocycles. The van der Waals surface area contributed by atoms with E-state index in [2.05, 4.69) is 86.0 Å². The summed E-state index contributed by atoms with van der Waals surface area (Å²) >= 11 is 0. The molecule has 0 heterocycles. The fraction of sp³-hybridized carbons (Fsp3) is 0.613. The van der Waals surface area contributed by atoms with Crippen molar-refractivity contribution in [2.75, 3.05) is 49.2 Å². The average Bonchev–Trinajstić information content (AvgIpc) is 2.90. The molecule has 0 saturated heterocycles. The van der Waals surface area contributed by atoms with Crippen LogP contribution in [-0.4, -0.2) is 39.4 Å². The Morgan fingerprint density at radius 2 is 0.757 bits per heavy atom. The summed E-state index contributed by atoms with van der Waals surface area (Å²) in [6, 6.07) is 17.2. The summed E-state index contributed by atoms with van der Waals surface area (Å²) in [5, 5.41) is 0. The molecule has 6 heteroatoms. The van der Waals surface area contributed by atoms with Gasteiger partial charge in [0.1, 0.15) is 11.5 Å². The van der Waals surface area contributed by atoms with Gasteiger partial charge < -0.3 is 19.3 Å². The molecule has 0 bridgehead atoms. The lowest BCUT2D eigenvalue weighted by Gasteiger charge is -2.25. The molecular formula is C31H52Cl2N2O2. The number of hydrogen-bond acceptors (Lipinski definition) is 4. The predicted molar refractivity (Wildman–Crippen MR) is 167 cm³/mol. The molecule has 0 N–H and O–H groups in total. The van der Waals surface area contributed by atoms with Crippen LogP contribution in [0.2, 0.25) is 0 Å². The van der Waals surface area contributed by atoms with E-state index in [9.17, 15) is 0 Å². The van der Waals surface area contributed by atoms with E-state index in [-0.39, 0.29) is 24.8 Å². The highest BCUT2D eigenvalue weighted by Gasteiger charge is 2.07. The largest absolute Gasteiger partial charge is 0.493 e. The molecule has 0 saturated carbocycles. The third-order valence-corrected chi connectivity index (χ3v) is 6.36. The van der Waals surface area contributed by atoms with Crippen LogP contribution in [0.5, 0.6) is 11.5 Å². The van der Waals surface area contributed by atoms with Gasteiger partial charge in [-0.3, -0.25) is 0 Å². The van der Waals surface area contributed by atoms with E-state index in [0.29, 0.717) is 13.2 Å². The molecule has 0 unspecified atom stereocenters. The normalized spacial score (nSPS) is 10.3. The van der Waals surface area contributed by atoms with E-state index >= 15 is 0 Å². The zero-order chi connectivity index (χ0) is 25.1. The van der Waals surface area contributed by atoms with Crippen molar-refractivity contribution in [2.24, 2.45) is 0 Å². The molecule has 0 spiro atoms. The monoisotopic (exact) mass is 554 g/mol. The number of benzene rings is 2.